The number of rotatable bonds is 9. The molecule has 0 aliphatic carbocycles. The first kappa shape index (κ1) is 16.6. The molecule has 0 fully saturated rings. The largest absolute Gasteiger partial charge is 0.310 e. The fourth-order valence-electron chi connectivity index (χ4n) is 2.61. The maximum absolute atomic E-state index is 3.74. The van der Waals surface area contributed by atoms with Crippen LogP contribution in [0, 0.1) is 5.92 Å². The van der Waals surface area contributed by atoms with E-state index >= 15 is 0 Å². The molecule has 1 aromatic rings. The van der Waals surface area contributed by atoms with Crippen molar-refractivity contribution in [1.82, 2.24) is 5.32 Å². The van der Waals surface area contributed by atoms with Gasteiger partial charge in [0, 0.05) is 10.9 Å². The third-order valence-electron chi connectivity index (χ3n) is 3.57. The van der Waals surface area contributed by atoms with Crippen molar-refractivity contribution in [2.45, 2.75) is 57.4 Å². The van der Waals surface area contributed by atoms with E-state index in [0.29, 0.717) is 6.04 Å². The Kier molecular flexibility index (Phi) is 8.24. The van der Waals surface area contributed by atoms with Crippen molar-refractivity contribution in [2.75, 3.05) is 12.8 Å². The van der Waals surface area contributed by atoms with Gasteiger partial charge in [0.25, 0.3) is 0 Å². The molecule has 1 nitrogen and oxygen atoms in total. The van der Waals surface area contributed by atoms with Gasteiger partial charge in [0.1, 0.15) is 0 Å². The summed E-state index contributed by atoms with van der Waals surface area (Å²) in [6.45, 7) is 8.00. The Hall–Kier alpha value is -0.470. The molecule has 19 heavy (non-hydrogen) atoms. The summed E-state index contributed by atoms with van der Waals surface area (Å²) < 4.78 is 0. The van der Waals surface area contributed by atoms with Gasteiger partial charge in [-0.1, -0.05) is 51.8 Å². The van der Waals surface area contributed by atoms with Crippen LogP contribution >= 0.6 is 11.8 Å². The predicted octanol–water partition coefficient (Wildman–Crippen LogP) is 5.28. The third kappa shape index (κ3) is 5.58. The highest BCUT2D eigenvalue weighted by Crippen LogP contribution is 2.30. The molecule has 0 amide bonds. The molecular weight excluding hydrogens is 250 g/mol. The Bertz CT molecular complexity index is 351. The van der Waals surface area contributed by atoms with Gasteiger partial charge in [-0.3, -0.25) is 0 Å². The van der Waals surface area contributed by atoms with Crippen molar-refractivity contribution in [3.63, 3.8) is 0 Å². The van der Waals surface area contributed by atoms with Crippen LogP contribution in [0.1, 0.15) is 58.1 Å². The molecule has 0 saturated heterocycles. The highest BCUT2D eigenvalue weighted by molar-refractivity contribution is 7.98. The summed E-state index contributed by atoms with van der Waals surface area (Å²) >= 11 is 1.86. The average Bonchev–Trinajstić information content (AvgIpc) is 2.43. The van der Waals surface area contributed by atoms with E-state index in [4.69, 9.17) is 0 Å². The average molecular weight is 279 g/mol. The predicted molar refractivity (Wildman–Crippen MR) is 87.9 cm³/mol. The highest BCUT2D eigenvalue weighted by atomic mass is 32.2. The van der Waals surface area contributed by atoms with Crippen LogP contribution in [0.15, 0.2) is 29.2 Å². The second-order valence-corrected chi connectivity index (χ2v) is 6.23. The molecule has 108 valence electrons. The molecule has 0 heterocycles. The minimum Gasteiger partial charge on any atom is -0.310 e. The molecule has 1 N–H and O–H groups in total. The van der Waals surface area contributed by atoms with Crippen LogP contribution in [0.4, 0.5) is 0 Å². The van der Waals surface area contributed by atoms with Gasteiger partial charge in [-0.2, -0.15) is 0 Å². The second kappa shape index (κ2) is 9.44. The zero-order valence-electron chi connectivity index (χ0n) is 12.9. The molecule has 0 aliphatic rings. The van der Waals surface area contributed by atoms with Crippen LogP contribution in [0.5, 0.6) is 0 Å². The van der Waals surface area contributed by atoms with Crippen molar-refractivity contribution < 1.29 is 0 Å². The first-order chi connectivity index (χ1) is 9.22. The van der Waals surface area contributed by atoms with E-state index in [2.05, 4.69) is 56.6 Å². The van der Waals surface area contributed by atoms with Crippen LogP contribution in [0.2, 0.25) is 0 Å². The van der Waals surface area contributed by atoms with Gasteiger partial charge in [-0.05, 0) is 43.2 Å². The van der Waals surface area contributed by atoms with Crippen LogP contribution in [0.25, 0.3) is 0 Å². The normalized spacial score (nSPS) is 14.3. The molecule has 1 rings (SSSR count). The lowest BCUT2D eigenvalue weighted by Gasteiger charge is -2.24. The fraction of sp³-hybridized carbons (Fsp3) is 0.647. The quantitative estimate of drug-likeness (QED) is 0.618. The molecular formula is C17H29NS. The van der Waals surface area contributed by atoms with Gasteiger partial charge in [-0.25, -0.2) is 0 Å². The smallest absolute Gasteiger partial charge is 0.0333 e. The third-order valence-corrected chi connectivity index (χ3v) is 4.39. The van der Waals surface area contributed by atoms with Crippen molar-refractivity contribution in [3.05, 3.63) is 29.8 Å². The number of benzene rings is 1. The van der Waals surface area contributed by atoms with Gasteiger partial charge in [0.2, 0.25) is 0 Å². The topological polar surface area (TPSA) is 12.0 Å². The van der Waals surface area contributed by atoms with E-state index in [1.165, 1.54) is 36.1 Å². The highest BCUT2D eigenvalue weighted by Gasteiger charge is 2.16. The molecule has 1 aromatic carbocycles. The minimum absolute atomic E-state index is 0.505. The molecule has 0 saturated carbocycles. The fourth-order valence-corrected chi connectivity index (χ4v) is 3.27. The number of thioether (sulfide) groups is 1. The molecule has 2 atom stereocenters. The van der Waals surface area contributed by atoms with Crippen LogP contribution in [-0.2, 0) is 0 Å². The number of hydrogen-bond donors (Lipinski definition) is 1. The maximum Gasteiger partial charge on any atom is 0.0333 e. The molecule has 0 spiro atoms. The van der Waals surface area contributed by atoms with Crippen LogP contribution in [0.3, 0.4) is 0 Å². The van der Waals surface area contributed by atoms with E-state index in [0.717, 1.165) is 12.5 Å². The molecule has 2 heteroatoms. The lowest BCUT2D eigenvalue weighted by atomic mass is 9.93. The summed E-state index contributed by atoms with van der Waals surface area (Å²) in [6, 6.07) is 9.34. The van der Waals surface area contributed by atoms with E-state index < -0.39 is 0 Å². The van der Waals surface area contributed by atoms with Crippen molar-refractivity contribution in [3.8, 4) is 0 Å². The summed E-state index contributed by atoms with van der Waals surface area (Å²) in [5.41, 5.74) is 1.48. The Morgan fingerprint density at radius 2 is 1.89 bits per heavy atom. The SMILES string of the molecule is CCCNC(CC(C)CCC)c1ccccc1SC. The summed E-state index contributed by atoms with van der Waals surface area (Å²) in [5.74, 6) is 0.786. The second-order valence-electron chi connectivity index (χ2n) is 5.38. The minimum atomic E-state index is 0.505. The van der Waals surface area contributed by atoms with Crippen molar-refractivity contribution in [1.29, 1.82) is 0 Å². The molecule has 2 unspecified atom stereocenters. The zero-order chi connectivity index (χ0) is 14.1. The van der Waals surface area contributed by atoms with E-state index in [-0.39, 0.29) is 0 Å². The van der Waals surface area contributed by atoms with E-state index in [1.54, 1.807) is 0 Å². The maximum atomic E-state index is 3.74. The first-order valence-electron chi connectivity index (χ1n) is 7.59. The number of hydrogen-bond acceptors (Lipinski definition) is 2. The monoisotopic (exact) mass is 279 g/mol. The van der Waals surface area contributed by atoms with Gasteiger partial charge in [0.05, 0.1) is 0 Å². The van der Waals surface area contributed by atoms with Gasteiger partial charge < -0.3 is 5.32 Å². The molecule has 0 aliphatic heterocycles. The summed E-state index contributed by atoms with van der Waals surface area (Å²) in [7, 11) is 0. The number of nitrogens with one attached hydrogen (secondary N) is 1. The summed E-state index contributed by atoms with van der Waals surface area (Å²) in [5, 5.41) is 3.74. The van der Waals surface area contributed by atoms with Crippen LogP contribution < -0.4 is 5.32 Å². The van der Waals surface area contributed by atoms with Gasteiger partial charge >= 0.3 is 0 Å². The Balaban J connectivity index is 2.82. The van der Waals surface area contributed by atoms with Crippen LogP contribution in [-0.4, -0.2) is 12.8 Å². The Morgan fingerprint density at radius 3 is 2.53 bits per heavy atom. The van der Waals surface area contributed by atoms with Crippen molar-refractivity contribution >= 4 is 11.8 Å². The Labute approximate surface area is 123 Å². The lowest BCUT2D eigenvalue weighted by Crippen LogP contribution is -2.24. The van der Waals surface area contributed by atoms with E-state index in [1.807, 2.05) is 11.8 Å². The zero-order valence-corrected chi connectivity index (χ0v) is 13.7. The van der Waals surface area contributed by atoms with Gasteiger partial charge in [0.15, 0.2) is 0 Å². The molecule has 0 bridgehead atoms. The summed E-state index contributed by atoms with van der Waals surface area (Å²) in [4.78, 5) is 1.42. The Morgan fingerprint density at radius 1 is 1.16 bits per heavy atom. The van der Waals surface area contributed by atoms with Gasteiger partial charge in [-0.15, -0.1) is 11.8 Å². The van der Waals surface area contributed by atoms with Crippen molar-refractivity contribution in [2.24, 2.45) is 5.92 Å². The summed E-state index contributed by atoms with van der Waals surface area (Å²) in [6.07, 6.45) is 7.22. The molecule has 0 radical (unpaired) electrons. The standard InChI is InChI=1S/C17H29NS/c1-5-9-14(3)13-16(18-12-6-2)15-10-7-8-11-17(15)19-4/h7-8,10-11,14,16,18H,5-6,9,12-13H2,1-4H3. The lowest BCUT2D eigenvalue weighted by molar-refractivity contribution is 0.387. The van der Waals surface area contributed by atoms with E-state index in [9.17, 15) is 0 Å². The molecule has 0 aromatic heterocycles. The first-order valence-corrected chi connectivity index (χ1v) is 8.81.